The number of thiocarbonyl (C=S) groups is 1. The van der Waals surface area contributed by atoms with E-state index in [1.54, 1.807) is 6.20 Å². The molecule has 2 aromatic rings. The summed E-state index contributed by atoms with van der Waals surface area (Å²) in [5, 5.41) is 0. The number of fused-ring (bicyclic) bond motifs is 1. The van der Waals surface area contributed by atoms with Gasteiger partial charge in [0.2, 0.25) is 0 Å². The van der Waals surface area contributed by atoms with Crippen molar-refractivity contribution in [3.63, 3.8) is 0 Å². The van der Waals surface area contributed by atoms with Gasteiger partial charge in [0.05, 0.1) is 5.69 Å². The van der Waals surface area contributed by atoms with E-state index in [1.807, 2.05) is 12.1 Å². The van der Waals surface area contributed by atoms with Crippen molar-refractivity contribution in [2.75, 3.05) is 11.4 Å². The van der Waals surface area contributed by atoms with Crippen LogP contribution >= 0.6 is 12.2 Å². The van der Waals surface area contributed by atoms with Gasteiger partial charge in [0, 0.05) is 25.0 Å². The maximum atomic E-state index is 5.67. The second-order valence-electron chi connectivity index (χ2n) is 5.73. The average Bonchev–Trinajstić information content (AvgIpc) is 2.47. The molecule has 2 heterocycles. The van der Waals surface area contributed by atoms with Gasteiger partial charge in [-0.2, -0.15) is 0 Å². The van der Waals surface area contributed by atoms with Gasteiger partial charge in [-0.1, -0.05) is 37.3 Å². The van der Waals surface area contributed by atoms with Gasteiger partial charge in [0.15, 0.2) is 0 Å². The molecule has 0 aliphatic carbocycles. The van der Waals surface area contributed by atoms with E-state index in [0.717, 1.165) is 19.5 Å². The summed E-state index contributed by atoms with van der Waals surface area (Å²) in [6.07, 6.45) is 2.93. The molecule has 1 aliphatic heterocycles. The van der Waals surface area contributed by atoms with Crippen molar-refractivity contribution in [3.8, 4) is 0 Å². The second kappa shape index (κ2) is 5.82. The molecule has 21 heavy (non-hydrogen) atoms. The third-order valence-electron chi connectivity index (χ3n) is 3.88. The molecular weight excluding hydrogens is 278 g/mol. The van der Waals surface area contributed by atoms with Crippen molar-refractivity contribution >= 4 is 22.9 Å². The molecule has 3 rings (SSSR count). The summed E-state index contributed by atoms with van der Waals surface area (Å²) in [4.78, 5) is 6.99. The Hall–Kier alpha value is -1.94. The molecule has 0 bridgehead atoms. The van der Waals surface area contributed by atoms with Crippen molar-refractivity contribution in [3.05, 3.63) is 59.4 Å². The second-order valence-corrected chi connectivity index (χ2v) is 6.17. The molecule has 3 nitrogen and oxygen atoms in total. The van der Waals surface area contributed by atoms with Crippen molar-refractivity contribution < 1.29 is 0 Å². The van der Waals surface area contributed by atoms with Crippen molar-refractivity contribution in [1.82, 2.24) is 4.98 Å². The third-order valence-corrected chi connectivity index (χ3v) is 4.09. The number of pyridine rings is 1. The monoisotopic (exact) mass is 297 g/mol. The molecule has 108 valence electrons. The highest BCUT2D eigenvalue weighted by Crippen LogP contribution is 2.30. The lowest BCUT2D eigenvalue weighted by atomic mass is 9.93. The number of hydrogen-bond donors (Lipinski definition) is 1. The quantitative estimate of drug-likeness (QED) is 0.885. The molecule has 1 unspecified atom stereocenters. The summed E-state index contributed by atoms with van der Waals surface area (Å²) in [7, 11) is 0. The zero-order valence-corrected chi connectivity index (χ0v) is 12.9. The first-order valence-corrected chi connectivity index (χ1v) is 7.62. The Balaban J connectivity index is 1.88. The van der Waals surface area contributed by atoms with Crippen LogP contribution < -0.4 is 10.6 Å². The lowest BCUT2D eigenvalue weighted by Crippen LogP contribution is -2.33. The summed E-state index contributed by atoms with van der Waals surface area (Å²) in [5.74, 6) is 0.664. The van der Waals surface area contributed by atoms with E-state index in [1.165, 1.54) is 16.8 Å². The van der Waals surface area contributed by atoms with Crippen LogP contribution in [0.3, 0.4) is 0 Å². The fraction of sp³-hybridized carbons (Fsp3) is 0.294. The van der Waals surface area contributed by atoms with Crippen molar-refractivity contribution in [1.29, 1.82) is 0 Å². The van der Waals surface area contributed by atoms with Crippen LogP contribution in [0.25, 0.3) is 0 Å². The topological polar surface area (TPSA) is 42.2 Å². The summed E-state index contributed by atoms with van der Waals surface area (Å²) < 4.78 is 0. The number of aromatic nitrogens is 1. The average molecular weight is 297 g/mol. The summed E-state index contributed by atoms with van der Waals surface area (Å²) in [6.45, 7) is 4.23. The molecule has 0 saturated carbocycles. The smallest absolute Gasteiger partial charge is 0.122 e. The lowest BCUT2D eigenvalue weighted by molar-refractivity contribution is 0.530. The van der Waals surface area contributed by atoms with Gasteiger partial charge >= 0.3 is 0 Å². The highest BCUT2D eigenvalue weighted by molar-refractivity contribution is 7.80. The molecule has 0 spiro atoms. The Morgan fingerprint density at radius 1 is 1.38 bits per heavy atom. The normalized spacial score (nSPS) is 17.4. The van der Waals surface area contributed by atoms with Crippen LogP contribution in [0.4, 0.5) is 5.69 Å². The number of nitrogens with zero attached hydrogens (tertiary/aromatic N) is 2. The maximum Gasteiger partial charge on any atom is 0.122 e. The van der Waals surface area contributed by atoms with Crippen molar-refractivity contribution in [2.45, 2.75) is 19.9 Å². The van der Waals surface area contributed by atoms with Crippen LogP contribution in [0.15, 0.2) is 42.6 Å². The molecule has 1 aromatic heterocycles. The largest absolute Gasteiger partial charge is 0.388 e. The van der Waals surface area contributed by atoms with Gasteiger partial charge in [-0.15, -0.1) is 0 Å². The minimum Gasteiger partial charge on any atom is -0.388 e. The number of nitrogens with two attached hydrogens (primary N) is 1. The molecule has 0 fully saturated rings. The van der Waals surface area contributed by atoms with Crippen LogP contribution in [0.1, 0.15) is 23.7 Å². The molecule has 0 saturated heterocycles. The number of rotatable bonds is 3. The number of para-hydroxylation sites is 1. The molecular formula is C17H19N3S. The Labute approximate surface area is 130 Å². The minimum absolute atomic E-state index is 0.351. The fourth-order valence-electron chi connectivity index (χ4n) is 2.98. The van der Waals surface area contributed by atoms with Gasteiger partial charge in [-0.05, 0) is 41.7 Å². The number of hydrogen-bond acceptors (Lipinski definition) is 3. The Bertz CT molecular complexity index is 669. The fourth-order valence-corrected chi connectivity index (χ4v) is 3.10. The van der Waals surface area contributed by atoms with Gasteiger partial charge in [0.1, 0.15) is 4.99 Å². The zero-order chi connectivity index (χ0) is 14.8. The predicted octanol–water partition coefficient (Wildman–Crippen LogP) is 2.91. The standard InChI is InChI=1S/C17H19N3S/c1-12-8-14-4-2-3-5-16(14)20(10-12)11-13-6-7-19-15(9-13)17(18)21/h2-7,9,12H,8,10-11H2,1H3,(H2,18,21). The lowest BCUT2D eigenvalue weighted by Gasteiger charge is -2.35. The molecule has 2 N–H and O–H groups in total. The van der Waals surface area contributed by atoms with E-state index in [0.29, 0.717) is 16.6 Å². The zero-order valence-electron chi connectivity index (χ0n) is 12.1. The molecule has 4 heteroatoms. The maximum absolute atomic E-state index is 5.67. The first-order chi connectivity index (χ1) is 10.1. The van der Waals surface area contributed by atoms with Crippen LogP contribution in [-0.4, -0.2) is 16.5 Å². The van der Waals surface area contributed by atoms with Gasteiger partial charge in [-0.3, -0.25) is 4.98 Å². The summed E-state index contributed by atoms with van der Waals surface area (Å²) in [6, 6.07) is 12.7. The highest BCUT2D eigenvalue weighted by atomic mass is 32.1. The van der Waals surface area contributed by atoms with Crippen LogP contribution in [0.5, 0.6) is 0 Å². The van der Waals surface area contributed by atoms with Gasteiger partial charge in [0.25, 0.3) is 0 Å². The Kier molecular flexibility index (Phi) is 3.88. The molecule has 1 aliphatic rings. The van der Waals surface area contributed by atoms with Crippen molar-refractivity contribution in [2.24, 2.45) is 11.7 Å². The van der Waals surface area contributed by atoms with E-state index in [2.05, 4.69) is 41.1 Å². The van der Waals surface area contributed by atoms with Gasteiger partial charge in [-0.25, -0.2) is 0 Å². The highest BCUT2D eigenvalue weighted by Gasteiger charge is 2.21. The Morgan fingerprint density at radius 3 is 3.00 bits per heavy atom. The number of anilines is 1. The van der Waals surface area contributed by atoms with E-state index < -0.39 is 0 Å². The van der Waals surface area contributed by atoms with Crippen LogP contribution in [-0.2, 0) is 13.0 Å². The first kappa shape index (κ1) is 14.0. The minimum atomic E-state index is 0.351. The van der Waals surface area contributed by atoms with E-state index in [9.17, 15) is 0 Å². The van der Waals surface area contributed by atoms with E-state index in [4.69, 9.17) is 18.0 Å². The predicted molar refractivity (Wildman–Crippen MR) is 90.5 cm³/mol. The van der Waals surface area contributed by atoms with Gasteiger partial charge < -0.3 is 10.6 Å². The molecule has 0 radical (unpaired) electrons. The number of benzene rings is 1. The third kappa shape index (κ3) is 3.05. The van der Waals surface area contributed by atoms with Crippen LogP contribution in [0.2, 0.25) is 0 Å². The molecule has 0 amide bonds. The SMILES string of the molecule is CC1Cc2ccccc2N(Cc2ccnc(C(N)=S)c2)C1. The van der Waals surface area contributed by atoms with Crippen LogP contribution in [0, 0.1) is 5.92 Å². The first-order valence-electron chi connectivity index (χ1n) is 7.21. The summed E-state index contributed by atoms with van der Waals surface area (Å²) in [5.41, 5.74) is 10.3. The Morgan fingerprint density at radius 2 is 2.19 bits per heavy atom. The van der Waals surface area contributed by atoms with E-state index in [-0.39, 0.29) is 0 Å². The van der Waals surface area contributed by atoms with E-state index >= 15 is 0 Å². The molecule has 1 aromatic carbocycles. The molecule has 1 atom stereocenters. The summed E-state index contributed by atoms with van der Waals surface area (Å²) >= 11 is 5.01.